The Labute approximate surface area is 148 Å². The van der Waals surface area contributed by atoms with Crippen LogP contribution in [0.15, 0.2) is 66.7 Å². The highest BCUT2D eigenvalue weighted by Gasteiger charge is 2.36. The van der Waals surface area contributed by atoms with Crippen LogP contribution in [0, 0.1) is 11.3 Å². The first kappa shape index (κ1) is 17.5. The van der Waals surface area contributed by atoms with Gasteiger partial charge in [0, 0.05) is 12.1 Å². The van der Waals surface area contributed by atoms with Crippen molar-refractivity contribution in [3.63, 3.8) is 0 Å². The van der Waals surface area contributed by atoms with Gasteiger partial charge in [-0.1, -0.05) is 60.7 Å². The molecule has 0 saturated carbocycles. The van der Waals surface area contributed by atoms with Gasteiger partial charge in [0.25, 0.3) is 0 Å². The third-order valence-electron chi connectivity index (χ3n) is 3.81. The number of aromatic nitrogens is 1. The SMILES string of the molecule is N#Cc1c(C(F)(F)F)cc(-c2ccccc2)nc1NCc1ccccc1. The van der Waals surface area contributed by atoms with Crippen molar-refractivity contribution in [2.75, 3.05) is 5.32 Å². The monoisotopic (exact) mass is 353 g/mol. The van der Waals surface area contributed by atoms with Crippen molar-refractivity contribution in [2.24, 2.45) is 0 Å². The summed E-state index contributed by atoms with van der Waals surface area (Å²) in [6, 6.07) is 20.3. The zero-order valence-corrected chi connectivity index (χ0v) is 13.6. The Morgan fingerprint density at radius 3 is 2.15 bits per heavy atom. The van der Waals surface area contributed by atoms with Crippen LogP contribution in [0.2, 0.25) is 0 Å². The van der Waals surface area contributed by atoms with Gasteiger partial charge in [0.15, 0.2) is 0 Å². The lowest BCUT2D eigenvalue weighted by Crippen LogP contribution is -2.13. The predicted octanol–water partition coefficient (Wildman–Crippen LogP) is 5.25. The first-order chi connectivity index (χ1) is 12.5. The molecule has 0 bridgehead atoms. The van der Waals surface area contributed by atoms with Crippen molar-refractivity contribution in [2.45, 2.75) is 12.7 Å². The molecule has 3 aromatic rings. The molecule has 0 aliphatic carbocycles. The lowest BCUT2D eigenvalue weighted by molar-refractivity contribution is -0.137. The Morgan fingerprint density at radius 1 is 0.962 bits per heavy atom. The van der Waals surface area contributed by atoms with Crippen molar-refractivity contribution >= 4 is 5.82 Å². The lowest BCUT2D eigenvalue weighted by atomic mass is 10.0. The molecule has 0 amide bonds. The van der Waals surface area contributed by atoms with Gasteiger partial charge in [0.1, 0.15) is 17.5 Å². The van der Waals surface area contributed by atoms with Crippen molar-refractivity contribution in [3.8, 4) is 17.3 Å². The van der Waals surface area contributed by atoms with Crippen LogP contribution in [0.25, 0.3) is 11.3 Å². The van der Waals surface area contributed by atoms with E-state index in [4.69, 9.17) is 0 Å². The number of hydrogen-bond donors (Lipinski definition) is 1. The fourth-order valence-electron chi connectivity index (χ4n) is 2.55. The molecule has 1 aromatic heterocycles. The molecule has 1 N–H and O–H groups in total. The molecule has 0 unspecified atom stereocenters. The van der Waals surface area contributed by atoms with E-state index >= 15 is 0 Å². The topological polar surface area (TPSA) is 48.7 Å². The number of nitrogens with zero attached hydrogens (tertiary/aromatic N) is 2. The van der Waals surface area contributed by atoms with Crippen molar-refractivity contribution in [1.29, 1.82) is 5.26 Å². The van der Waals surface area contributed by atoms with Crippen LogP contribution in [0.3, 0.4) is 0 Å². The minimum absolute atomic E-state index is 0.0787. The van der Waals surface area contributed by atoms with E-state index < -0.39 is 17.3 Å². The summed E-state index contributed by atoms with van der Waals surface area (Å²) in [5, 5.41) is 12.2. The van der Waals surface area contributed by atoms with Crippen LogP contribution in [-0.2, 0) is 12.7 Å². The van der Waals surface area contributed by atoms with Gasteiger partial charge in [-0.2, -0.15) is 18.4 Å². The van der Waals surface area contributed by atoms with Gasteiger partial charge in [0.2, 0.25) is 0 Å². The number of hydrogen-bond acceptors (Lipinski definition) is 3. The summed E-state index contributed by atoms with van der Waals surface area (Å²) in [6.45, 7) is 0.262. The molecule has 0 fully saturated rings. The molecule has 1 heterocycles. The second-order valence-electron chi connectivity index (χ2n) is 5.59. The summed E-state index contributed by atoms with van der Waals surface area (Å²) < 4.78 is 40.4. The van der Waals surface area contributed by atoms with E-state index in [9.17, 15) is 18.4 Å². The standard InChI is InChI=1S/C20H14F3N3/c21-20(22,23)17-11-18(15-9-5-2-6-10-15)26-19(16(17)12-24)25-13-14-7-3-1-4-8-14/h1-11H,13H2,(H,25,26). The van der Waals surface area contributed by atoms with Gasteiger partial charge in [-0.05, 0) is 11.6 Å². The van der Waals surface area contributed by atoms with Crippen LogP contribution in [0.1, 0.15) is 16.7 Å². The number of anilines is 1. The molecule has 3 nitrogen and oxygen atoms in total. The minimum atomic E-state index is -4.65. The molecule has 0 aliphatic heterocycles. The fraction of sp³-hybridized carbons (Fsp3) is 0.100. The van der Waals surface area contributed by atoms with Gasteiger partial charge < -0.3 is 5.32 Å². The van der Waals surface area contributed by atoms with E-state index in [1.54, 1.807) is 36.4 Å². The molecular formula is C20H14F3N3. The molecule has 0 aliphatic rings. The van der Waals surface area contributed by atoms with E-state index in [0.29, 0.717) is 5.56 Å². The molecule has 0 spiro atoms. The van der Waals surface area contributed by atoms with Crippen LogP contribution >= 0.6 is 0 Å². The van der Waals surface area contributed by atoms with Gasteiger partial charge >= 0.3 is 6.18 Å². The maximum atomic E-state index is 13.5. The summed E-state index contributed by atoms with van der Waals surface area (Å²) in [6.07, 6.45) is -4.65. The number of alkyl halides is 3. The molecule has 0 radical (unpaired) electrons. The average Bonchev–Trinajstić information content (AvgIpc) is 2.66. The van der Waals surface area contributed by atoms with Gasteiger partial charge in [-0.25, -0.2) is 4.98 Å². The molecule has 0 atom stereocenters. The molecule has 2 aromatic carbocycles. The number of benzene rings is 2. The van der Waals surface area contributed by atoms with E-state index in [-0.39, 0.29) is 18.1 Å². The fourth-order valence-corrected chi connectivity index (χ4v) is 2.55. The first-order valence-corrected chi connectivity index (χ1v) is 7.84. The number of pyridine rings is 1. The number of halogens is 3. The Hall–Kier alpha value is -3.33. The molecule has 130 valence electrons. The summed E-state index contributed by atoms with van der Waals surface area (Å²) in [4.78, 5) is 4.27. The minimum Gasteiger partial charge on any atom is -0.365 e. The third-order valence-corrected chi connectivity index (χ3v) is 3.81. The molecule has 26 heavy (non-hydrogen) atoms. The second-order valence-corrected chi connectivity index (χ2v) is 5.59. The number of rotatable bonds is 4. The van der Waals surface area contributed by atoms with E-state index in [1.165, 1.54) is 0 Å². The summed E-state index contributed by atoms with van der Waals surface area (Å²) >= 11 is 0. The third kappa shape index (κ3) is 3.83. The summed E-state index contributed by atoms with van der Waals surface area (Å²) in [5.41, 5.74) is 0.0760. The van der Waals surface area contributed by atoms with Crippen molar-refractivity contribution < 1.29 is 13.2 Å². The Kier molecular flexibility index (Phi) is 4.90. The van der Waals surface area contributed by atoms with Crippen LogP contribution in [-0.4, -0.2) is 4.98 Å². The maximum absolute atomic E-state index is 13.5. The molecule has 6 heteroatoms. The predicted molar refractivity (Wildman–Crippen MR) is 93.2 cm³/mol. The van der Waals surface area contributed by atoms with E-state index in [0.717, 1.165) is 11.6 Å². The Morgan fingerprint density at radius 2 is 1.58 bits per heavy atom. The number of nitrogens with one attached hydrogen (secondary N) is 1. The second kappa shape index (κ2) is 7.28. The van der Waals surface area contributed by atoms with Gasteiger partial charge in [-0.15, -0.1) is 0 Å². The first-order valence-electron chi connectivity index (χ1n) is 7.84. The largest absolute Gasteiger partial charge is 0.417 e. The van der Waals surface area contributed by atoms with E-state index in [1.807, 2.05) is 30.3 Å². The quantitative estimate of drug-likeness (QED) is 0.697. The van der Waals surface area contributed by atoms with Crippen LogP contribution in [0.4, 0.5) is 19.0 Å². The highest BCUT2D eigenvalue weighted by Crippen LogP contribution is 2.36. The van der Waals surface area contributed by atoms with E-state index in [2.05, 4.69) is 10.3 Å². The van der Waals surface area contributed by atoms with Crippen molar-refractivity contribution in [1.82, 2.24) is 4.98 Å². The average molecular weight is 353 g/mol. The summed E-state index contributed by atoms with van der Waals surface area (Å²) in [5.74, 6) is -0.0787. The number of nitriles is 1. The highest BCUT2D eigenvalue weighted by atomic mass is 19.4. The Bertz CT molecular complexity index is 930. The molecule has 3 rings (SSSR count). The summed E-state index contributed by atoms with van der Waals surface area (Å²) in [7, 11) is 0. The maximum Gasteiger partial charge on any atom is 0.417 e. The molecular weight excluding hydrogens is 339 g/mol. The van der Waals surface area contributed by atoms with Crippen LogP contribution in [0.5, 0.6) is 0 Å². The van der Waals surface area contributed by atoms with Gasteiger partial charge in [-0.3, -0.25) is 0 Å². The highest BCUT2D eigenvalue weighted by molar-refractivity contribution is 5.68. The molecule has 0 saturated heterocycles. The zero-order valence-electron chi connectivity index (χ0n) is 13.6. The normalized spacial score (nSPS) is 11.0. The smallest absolute Gasteiger partial charge is 0.365 e. The van der Waals surface area contributed by atoms with Crippen LogP contribution < -0.4 is 5.32 Å². The Balaban J connectivity index is 2.07. The van der Waals surface area contributed by atoms with Crippen molar-refractivity contribution in [3.05, 3.63) is 83.4 Å². The lowest BCUT2D eigenvalue weighted by Gasteiger charge is -2.15. The van der Waals surface area contributed by atoms with Gasteiger partial charge in [0.05, 0.1) is 11.3 Å². The zero-order chi connectivity index (χ0) is 18.6.